The van der Waals surface area contributed by atoms with Crippen LogP contribution in [0.3, 0.4) is 0 Å². The zero-order valence-corrected chi connectivity index (χ0v) is 15.2. The van der Waals surface area contributed by atoms with Crippen molar-refractivity contribution in [2.75, 3.05) is 11.9 Å². The highest BCUT2D eigenvalue weighted by Crippen LogP contribution is 2.19. The number of carbonyl (C=O) groups excluding carboxylic acids is 2. The Morgan fingerprint density at radius 3 is 2.76 bits per heavy atom. The Labute approximate surface area is 134 Å². The van der Waals surface area contributed by atoms with Crippen molar-refractivity contribution >= 4 is 35.7 Å². The van der Waals surface area contributed by atoms with E-state index in [1.54, 1.807) is 16.8 Å². The first kappa shape index (κ1) is 16.4. The molecule has 5 nitrogen and oxygen atoms in total. The molecule has 1 aliphatic rings. The summed E-state index contributed by atoms with van der Waals surface area (Å²) in [6.07, 6.45) is 2.10. The molecule has 1 unspecified atom stereocenters. The first-order valence-electron chi connectivity index (χ1n) is 7.02. The lowest BCUT2D eigenvalue weighted by molar-refractivity contribution is 0.0567. The Kier molecular flexibility index (Phi) is 5.06. The first-order valence-corrected chi connectivity index (χ1v) is 11.7. The van der Waals surface area contributed by atoms with Gasteiger partial charge in [-0.1, -0.05) is 35.6 Å². The third-order valence-corrected chi connectivity index (χ3v) is 7.13. The number of halogens is 1. The first-order chi connectivity index (χ1) is 9.84. The van der Waals surface area contributed by atoms with E-state index in [2.05, 4.69) is 40.9 Å². The maximum absolute atomic E-state index is 12.1. The summed E-state index contributed by atoms with van der Waals surface area (Å²) in [4.78, 5) is 24.1. The average molecular weight is 373 g/mol. The van der Waals surface area contributed by atoms with E-state index < -0.39 is 8.07 Å². The number of aromatic nitrogens is 1. The minimum Gasteiger partial charge on any atom is -0.360 e. The number of nitrogens with one attached hydrogen (secondary N) is 1. The molecule has 0 saturated heterocycles. The molecule has 0 saturated carbocycles. The number of fused-ring (bicyclic) bond motifs is 1. The molecule has 0 bridgehead atoms. The van der Waals surface area contributed by atoms with Gasteiger partial charge >= 0.3 is 0 Å². The Morgan fingerprint density at radius 1 is 1.43 bits per heavy atom. The topological polar surface area (TPSA) is 60.3 Å². The largest absolute Gasteiger partial charge is 0.360 e. The fourth-order valence-electron chi connectivity index (χ4n) is 2.26. The molecule has 0 aromatic carbocycles. The van der Waals surface area contributed by atoms with Crippen molar-refractivity contribution in [3.8, 4) is 0 Å². The molecule has 0 aliphatic carbocycles. The SMILES string of the molecule is C[Si](C)(C)C(CBr)OCn1ccc2c1C(=O)NCCC2=O. The van der Waals surface area contributed by atoms with E-state index in [0.29, 0.717) is 24.2 Å². The van der Waals surface area contributed by atoms with Gasteiger partial charge in [0.25, 0.3) is 5.91 Å². The lowest BCUT2D eigenvalue weighted by Crippen LogP contribution is -2.42. The number of rotatable bonds is 5. The van der Waals surface area contributed by atoms with Crippen LogP contribution in [0.4, 0.5) is 0 Å². The molecule has 2 rings (SSSR count). The monoisotopic (exact) mass is 372 g/mol. The van der Waals surface area contributed by atoms with Gasteiger partial charge in [-0.15, -0.1) is 0 Å². The maximum atomic E-state index is 12.1. The van der Waals surface area contributed by atoms with E-state index in [1.165, 1.54) is 0 Å². The molecule has 1 aromatic rings. The minimum atomic E-state index is -1.45. The van der Waals surface area contributed by atoms with Crippen molar-refractivity contribution in [2.24, 2.45) is 0 Å². The summed E-state index contributed by atoms with van der Waals surface area (Å²) < 4.78 is 7.70. The van der Waals surface area contributed by atoms with E-state index in [-0.39, 0.29) is 24.1 Å². The van der Waals surface area contributed by atoms with Crippen LogP contribution < -0.4 is 5.32 Å². The van der Waals surface area contributed by atoms with Crippen LogP contribution in [0.5, 0.6) is 0 Å². The van der Waals surface area contributed by atoms with Crippen LogP contribution in [0.25, 0.3) is 0 Å². The molecule has 0 spiro atoms. The Bertz CT molecular complexity index is 551. The van der Waals surface area contributed by atoms with Gasteiger partial charge < -0.3 is 14.6 Å². The Morgan fingerprint density at radius 2 is 2.14 bits per heavy atom. The molecule has 1 aromatic heterocycles. The highest BCUT2D eigenvalue weighted by atomic mass is 79.9. The van der Waals surface area contributed by atoms with Gasteiger partial charge in [-0.05, 0) is 6.07 Å². The quantitative estimate of drug-likeness (QED) is 0.637. The summed E-state index contributed by atoms with van der Waals surface area (Å²) in [5.74, 6) is -0.197. The average Bonchev–Trinajstić information content (AvgIpc) is 2.75. The molecule has 7 heteroatoms. The molecule has 0 fully saturated rings. The molecular formula is C14H21BrN2O3Si. The number of ether oxygens (including phenoxy) is 1. The Balaban J connectivity index is 2.19. The molecule has 116 valence electrons. The van der Waals surface area contributed by atoms with Crippen LogP contribution in [0.2, 0.25) is 19.6 Å². The van der Waals surface area contributed by atoms with Crippen LogP contribution in [0.15, 0.2) is 12.3 Å². The van der Waals surface area contributed by atoms with Crippen LogP contribution >= 0.6 is 15.9 Å². The van der Waals surface area contributed by atoms with E-state index in [0.717, 1.165) is 5.33 Å². The zero-order valence-electron chi connectivity index (χ0n) is 12.6. The molecule has 2 heterocycles. The molecule has 1 aliphatic heterocycles. The number of nitrogens with zero attached hydrogens (tertiary/aromatic N) is 1. The van der Waals surface area contributed by atoms with Gasteiger partial charge in [0.05, 0.1) is 13.8 Å². The second-order valence-electron chi connectivity index (χ2n) is 6.28. The van der Waals surface area contributed by atoms with Crippen molar-refractivity contribution in [2.45, 2.75) is 38.5 Å². The minimum absolute atomic E-state index is 0.00402. The van der Waals surface area contributed by atoms with E-state index in [4.69, 9.17) is 4.74 Å². The predicted molar refractivity (Wildman–Crippen MR) is 87.7 cm³/mol. The van der Waals surface area contributed by atoms with Crippen LogP contribution in [-0.4, -0.2) is 41.9 Å². The van der Waals surface area contributed by atoms with E-state index in [9.17, 15) is 9.59 Å². The van der Waals surface area contributed by atoms with Gasteiger partial charge in [0, 0.05) is 30.1 Å². The van der Waals surface area contributed by atoms with Gasteiger partial charge in [-0.3, -0.25) is 9.59 Å². The normalized spacial score (nSPS) is 17.1. The third kappa shape index (κ3) is 3.64. The maximum Gasteiger partial charge on any atom is 0.268 e. The Hall–Kier alpha value is -0.923. The molecule has 1 N–H and O–H groups in total. The van der Waals surface area contributed by atoms with E-state index >= 15 is 0 Å². The summed E-state index contributed by atoms with van der Waals surface area (Å²) in [5, 5.41) is 3.53. The fraction of sp³-hybridized carbons (Fsp3) is 0.571. The second kappa shape index (κ2) is 6.45. The van der Waals surface area contributed by atoms with Gasteiger partial charge in [-0.2, -0.15) is 0 Å². The highest BCUT2D eigenvalue weighted by Gasteiger charge is 2.28. The van der Waals surface area contributed by atoms with Crippen molar-refractivity contribution < 1.29 is 14.3 Å². The van der Waals surface area contributed by atoms with Crippen molar-refractivity contribution in [1.82, 2.24) is 9.88 Å². The highest BCUT2D eigenvalue weighted by molar-refractivity contribution is 9.09. The summed E-state index contributed by atoms with van der Waals surface area (Å²) in [6.45, 7) is 7.41. The second-order valence-corrected chi connectivity index (χ2v) is 12.3. The number of Topliss-reactive ketones (excluding diaryl/α,β-unsaturated/α-hetero) is 1. The number of alkyl halides is 1. The van der Waals surface area contributed by atoms with E-state index in [1.807, 2.05) is 0 Å². The standard InChI is InChI=1S/C14H21BrN2O3Si/c1-21(2,3)12(8-15)20-9-17-7-5-10-11(18)4-6-16-14(19)13(10)17/h5,7,12H,4,6,8-9H2,1-3H3,(H,16,19). The van der Waals surface area contributed by atoms with Crippen molar-refractivity contribution in [1.29, 1.82) is 0 Å². The summed E-state index contributed by atoms with van der Waals surface area (Å²) in [7, 11) is -1.45. The van der Waals surface area contributed by atoms with Gasteiger partial charge in [-0.25, -0.2) is 0 Å². The molecule has 0 radical (unpaired) electrons. The number of hydrogen-bond donors (Lipinski definition) is 1. The number of hydrogen-bond acceptors (Lipinski definition) is 3. The van der Waals surface area contributed by atoms with Crippen LogP contribution in [-0.2, 0) is 11.5 Å². The summed E-state index contributed by atoms with van der Waals surface area (Å²) in [5.41, 5.74) is 1.07. The molecular weight excluding hydrogens is 352 g/mol. The molecule has 21 heavy (non-hydrogen) atoms. The molecule has 1 amide bonds. The number of ketones is 1. The lowest BCUT2D eigenvalue weighted by atomic mass is 10.1. The number of amides is 1. The summed E-state index contributed by atoms with van der Waals surface area (Å²) in [6, 6.07) is 1.71. The lowest BCUT2D eigenvalue weighted by Gasteiger charge is -2.27. The smallest absolute Gasteiger partial charge is 0.268 e. The van der Waals surface area contributed by atoms with Gasteiger partial charge in [0.1, 0.15) is 12.4 Å². The van der Waals surface area contributed by atoms with Gasteiger partial charge in [0.2, 0.25) is 0 Å². The fourth-order valence-corrected chi connectivity index (χ4v) is 6.40. The number of carbonyl (C=O) groups is 2. The van der Waals surface area contributed by atoms with Crippen molar-refractivity contribution in [3.05, 3.63) is 23.5 Å². The zero-order chi connectivity index (χ0) is 15.6. The van der Waals surface area contributed by atoms with Crippen LogP contribution in [0.1, 0.15) is 27.3 Å². The van der Waals surface area contributed by atoms with Crippen molar-refractivity contribution in [3.63, 3.8) is 0 Å². The third-order valence-electron chi connectivity index (χ3n) is 3.64. The molecule has 1 atom stereocenters. The predicted octanol–water partition coefficient (Wildman–Crippen LogP) is 2.42. The summed E-state index contributed by atoms with van der Waals surface area (Å²) >= 11 is 3.49. The van der Waals surface area contributed by atoms with Crippen LogP contribution in [0, 0.1) is 0 Å². The van der Waals surface area contributed by atoms with Gasteiger partial charge in [0.15, 0.2) is 5.78 Å².